The maximum atomic E-state index is 12.8. The number of thiazole rings is 1. The Labute approximate surface area is 206 Å². The highest BCUT2D eigenvalue weighted by Crippen LogP contribution is 2.37. The van der Waals surface area contributed by atoms with E-state index in [4.69, 9.17) is 10.7 Å². The number of nitrogens with one attached hydrogen (secondary N) is 2. The van der Waals surface area contributed by atoms with Crippen LogP contribution in [0.15, 0.2) is 36.7 Å². The summed E-state index contributed by atoms with van der Waals surface area (Å²) in [6.07, 6.45) is 7.57. The summed E-state index contributed by atoms with van der Waals surface area (Å²) in [7, 11) is 0. The lowest BCUT2D eigenvalue weighted by molar-refractivity contribution is 0.102. The van der Waals surface area contributed by atoms with Crippen molar-refractivity contribution in [3.63, 3.8) is 0 Å². The number of nitrogens with zero attached hydrogens (tertiary/aromatic N) is 4. The molecule has 5 N–H and O–H groups in total. The summed E-state index contributed by atoms with van der Waals surface area (Å²) in [6.45, 7) is 1.72. The van der Waals surface area contributed by atoms with E-state index in [2.05, 4.69) is 20.6 Å². The minimum atomic E-state index is -0.228. The lowest BCUT2D eigenvalue weighted by atomic mass is 9.87. The lowest BCUT2D eigenvalue weighted by Gasteiger charge is -2.24. The molecule has 0 saturated heterocycles. The number of anilines is 2. The van der Waals surface area contributed by atoms with E-state index in [9.17, 15) is 9.90 Å². The van der Waals surface area contributed by atoms with Gasteiger partial charge in [-0.3, -0.25) is 14.5 Å². The van der Waals surface area contributed by atoms with Crippen molar-refractivity contribution in [2.45, 2.75) is 50.7 Å². The molecule has 6 rings (SSSR count). The Morgan fingerprint density at radius 3 is 2.74 bits per heavy atom. The molecule has 1 aliphatic carbocycles. The quantitative estimate of drug-likeness (QED) is 0.346. The van der Waals surface area contributed by atoms with Gasteiger partial charge in [-0.1, -0.05) is 12.1 Å². The Hall–Kier alpha value is -3.34. The van der Waals surface area contributed by atoms with Crippen LogP contribution in [0.4, 0.5) is 10.9 Å². The van der Waals surface area contributed by atoms with E-state index in [1.807, 2.05) is 22.7 Å². The van der Waals surface area contributed by atoms with Crippen LogP contribution in [0, 0.1) is 0 Å². The van der Waals surface area contributed by atoms with Crippen molar-refractivity contribution in [3.05, 3.63) is 58.6 Å². The van der Waals surface area contributed by atoms with E-state index < -0.39 is 0 Å². The number of rotatable bonds is 4. The third-order valence-corrected chi connectivity index (χ3v) is 7.93. The third-order valence-electron chi connectivity index (χ3n) is 6.92. The zero-order chi connectivity index (χ0) is 23.9. The number of aromatic nitrogens is 4. The highest BCUT2D eigenvalue weighted by atomic mass is 32.1. The average Bonchev–Trinajstić information content (AvgIpc) is 3.47. The van der Waals surface area contributed by atoms with Crippen LogP contribution in [0.5, 0.6) is 0 Å². The molecular formula is C25H27N7O2S. The van der Waals surface area contributed by atoms with Crippen molar-refractivity contribution in [2.24, 2.45) is 0 Å². The second-order valence-corrected chi connectivity index (χ2v) is 10.3. The van der Waals surface area contributed by atoms with Crippen LogP contribution in [-0.2, 0) is 13.0 Å². The zero-order valence-electron chi connectivity index (χ0n) is 19.2. The van der Waals surface area contributed by atoms with E-state index in [0.29, 0.717) is 16.5 Å². The highest BCUT2D eigenvalue weighted by molar-refractivity contribution is 7.15. The molecule has 9 nitrogen and oxygen atoms in total. The van der Waals surface area contributed by atoms with E-state index in [-0.39, 0.29) is 17.9 Å². The largest absolute Gasteiger partial charge is 0.393 e. The number of nitrogen functional groups attached to an aromatic ring is 1. The van der Waals surface area contributed by atoms with Gasteiger partial charge in [-0.25, -0.2) is 15.0 Å². The molecular weight excluding hydrogens is 462 g/mol. The van der Waals surface area contributed by atoms with Gasteiger partial charge in [0.15, 0.2) is 5.13 Å². The first-order valence-corrected chi connectivity index (χ1v) is 12.8. The Balaban J connectivity index is 1.28. The van der Waals surface area contributed by atoms with Crippen LogP contribution < -0.4 is 16.4 Å². The van der Waals surface area contributed by atoms with E-state index in [1.54, 1.807) is 18.3 Å². The third kappa shape index (κ3) is 4.18. The Kier molecular flexibility index (Phi) is 5.71. The predicted octanol–water partition coefficient (Wildman–Crippen LogP) is 3.35. The monoisotopic (exact) mass is 489 g/mol. The second kappa shape index (κ2) is 9.03. The minimum Gasteiger partial charge on any atom is -0.393 e. The summed E-state index contributed by atoms with van der Waals surface area (Å²) < 4.78 is 2.03. The molecule has 4 heterocycles. The van der Waals surface area contributed by atoms with Gasteiger partial charge in [0.2, 0.25) is 0 Å². The first-order valence-electron chi connectivity index (χ1n) is 12.0. The smallest absolute Gasteiger partial charge is 0.257 e. The summed E-state index contributed by atoms with van der Waals surface area (Å²) in [4.78, 5) is 27.9. The van der Waals surface area contributed by atoms with Crippen LogP contribution in [0.1, 0.15) is 58.4 Å². The van der Waals surface area contributed by atoms with Gasteiger partial charge in [-0.05, 0) is 37.8 Å². The topological polar surface area (TPSA) is 130 Å². The number of hydrogen-bond donors (Lipinski definition) is 4. The van der Waals surface area contributed by atoms with Crippen LogP contribution in [-0.4, -0.2) is 43.0 Å². The van der Waals surface area contributed by atoms with Crippen LogP contribution in [0.2, 0.25) is 0 Å². The molecule has 1 amide bonds. The fourth-order valence-electron chi connectivity index (χ4n) is 5.04. The Bertz CT molecular complexity index is 1360. The van der Waals surface area contributed by atoms with Gasteiger partial charge >= 0.3 is 0 Å². The number of imidazole rings is 1. The molecule has 0 radical (unpaired) electrons. The molecule has 0 bridgehead atoms. The number of nitrogens with two attached hydrogens (primary N) is 1. The molecule has 1 aromatic carbocycles. The number of benzene rings is 1. The van der Waals surface area contributed by atoms with Crippen molar-refractivity contribution in [1.82, 2.24) is 24.7 Å². The second-order valence-electron chi connectivity index (χ2n) is 9.20. The SMILES string of the molecule is Nc1nccn2c(C3CCC(O)CC3)nc(-c3ccc(C(=O)Nc4nc5c(s4)CNCC5)cc3)c12. The molecule has 10 heteroatoms. The highest BCUT2D eigenvalue weighted by Gasteiger charge is 2.27. The summed E-state index contributed by atoms with van der Waals surface area (Å²) in [5.41, 5.74) is 10.3. The molecule has 0 unspecified atom stereocenters. The molecule has 1 fully saturated rings. The van der Waals surface area contributed by atoms with Crippen LogP contribution >= 0.6 is 11.3 Å². The van der Waals surface area contributed by atoms with E-state index >= 15 is 0 Å². The number of carbonyl (C=O) groups is 1. The first kappa shape index (κ1) is 22.1. The minimum absolute atomic E-state index is 0.187. The molecule has 0 spiro atoms. The van der Waals surface area contributed by atoms with Gasteiger partial charge in [-0.2, -0.15) is 0 Å². The summed E-state index contributed by atoms with van der Waals surface area (Å²) >= 11 is 1.52. The fraction of sp³-hybridized carbons (Fsp3) is 0.360. The number of aliphatic hydroxyl groups excluding tert-OH is 1. The van der Waals surface area contributed by atoms with Gasteiger partial charge in [0.1, 0.15) is 22.9 Å². The molecule has 35 heavy (non-hydrogen) atoms. The molecule has 4 aromatic rings. The van der Waals surface area contributed by atoms with Crippen LogP contribution in [0.3, 0.4) is 0 Å². The molecule has 1 aliphatic heterocycles. The predicted molar refractivity (Wildman–Crippen MR) is 136 cm³/mol. The van der Waals surface area contributed by atoms with Gasteiger partial charge in [-0.15, -0.1) is 11.3 Å². The van der Waals surface area contributed by atoms with Crippen molar-refractivity contribution in [2.75, 3.05) is 17.6 Å². The van der Waals surface area contributed by atoms with Gasteiger partial charge < -0.3 is 16.2 Å². The number of aliphatic hydroxyl groups is 1. The molecule has 1 saturated carbocycles. The summed E-state index contributed by atoms with van der Waals surface area (Å²) in [6, 6.07) is 7.39. The summed E-state index contributed by atoms with van der Waals surface area (Å²) in [5.74, 6) is 1.43. The lowest BCUT2D eigenvalue weighted by Crippen LogP contribution is -2.22. The van der Waals surface area contributed by atoms with Gasteiger partial charge in [0.05, 0.1) is 11.8 Å². The van der Waals surface area contributed by atoms with Crippen molar-refractivity contribution in [1.29, 1.82) is 0 Å². The maximum absolute atomic E-state index is 12.8. The van der Waals surface area contributed by atoms with E-state index in [1.165, 1.54) is 16.2 Å². The van der Waals surface area contributed by atoms with E-state index in [0.717, 1.165) is 73.5 Å². The molecule has 0 atom stereocenters. The Morgan fingerprint density at radius 1 is 1.17 bits per heavy atom. The molecule has 180 valence electrons. The normalized spacial score (nSPS) is 20.0. The number of fused-ring (bicyclic) bond motifs is 2. The standard InChI is InChI=1S/C25H27N7O2S/c26-22-21-20(30-23(32(21)12-11-28-22)15-5-7-17(33)8-6-15)14-1-3-16(4-2-14)24(34)31-25-29-18-9-10-27-13-19(18)35-25/h1-4,11-12,15,17,27,33H,5-10,13H2,(H2,26,28)(H,29,31,34). The molecule has 2 aliphatic rings. The van der Waals surface area contributed by atoms with Gasteiger partial charge in [0, 0.05) is 53.8 Å². The summed E-state index contributed by atoms with van der Waals surface area (Å²) in [5, 5.41) is 16.8. The van der Waals surface area contributed by atoms with Crippen LogP contribution in [0.25, 0.3) is 16.8 Å². The number of amides is 1. The molecule has 3 aromatic heterocycles. The first-order chi connectivity index (χ1) is 17.1. The number of hydrogen-bond acceptors (Lipinski definition) is 8. The average molecular weight is 490 g/mol. The Morgan fingerprint density at radius 2 is 1.97 bits per heavy atom. The number of carbonyl (C=O) groups excluding carboxylic acids is 1. The van der Waals surface area contributed by atoms with Crippen molar-refractivity contribution in [3.8, 4) is 11.3 Å². The van der Waals surface area contributed by atoms with Gasteiger partial charge in [0.25, 0.3) is 5.91 Å². The zero-order valence-corrected chi connectivity index (χ0v) is 20.0. The van der Waals surface area contributed by atoms with Crippen molar-refractivity contribution >= 4 is 33.7 Å². The maximum Gasteiger partial charge on any atom is 0.257 e. The van der Waals surface area contributed by atoms with Crippen molar-refractivity contribution < 1.29 is 9.90 Å². The fourth-order valence-corrected chi connectivity index (χ4v) is 6.01.